The normalized spacial score (nSPS) is 11.3. The van der Waals surface area contributed by atoms with E-state index in [0.717, 1.165) is 4.88 Å². The first kappa shape index (κ1) is 16.4. The lowest BCUT2D eigenvalue weighted by molar-refractivity contribution is 0.102. The number of rotatable bonds is 6. The maximum absolute atomic E-state index is 12.2. The smallest absolute Gasteiger partial charge is 0.256 e. The third-order valence-electron chi connectivity index (χ3n) is 3.19. The standard InChI is InChI=1S/C15H14N4O3S2/c20-15(18-14-7-8-16-19-14)11-3-5-13(6-4-11)24(21,22)17-10-12-2-1-9-23-12/h1-9,17H,10H2,(H2,16,18,19,20). The van der Waals surface area contributed by atoms with Gasteiger partial charge in [0.15, 0.2) is 0 Å². The Balaban J connectivity index is 1.67. The van der Waals surface area contributed by atoms with E-state index in [2.05, 4.69) is 20.2 Å². The number of sulfonamides is 1. The summed E-state index contributed by atoms with van der Waals surface area (Å²) in [5.74, 6) is 0.115. The van der Waals surface area contributed by atoms with Gasteiger partial charge in [0.25, 0.3) is 5.91 Å². The SMILES string of the molecule is O=C(Nc1ccn[nH]1)c1ccc(S(=O)(=O)NCc2cccs2)cc1. The predicted molar refractivity (Wildman–Crippen MR) is 91.3 cm³/mol. The van der Waals surface area contributed by atoms with E-state index in [-0.39, 0.29) is 17.3 Å². The summed E-state index contributed by atoms with van der Waals surface area (Å²) in [5, 5.41) is 10.9. The number of amides is 1. The molecule has 9 heteroatoms. The summed E-state index contributed by atoms with van der Waals surface area (Å²) in [6.07, 6.45) is 1.52. The fourth-order valence-electron chi connectivity index (χ4n) is 1.97. The Morgan fingerprint density at radius 2 is 1.96 bits per heavy atom. The minimum absolute atomic E-state index is 0.108. The molecule has 1 amide bonds. The Hall–Kier alpha value is -2.49. The lowest BCUT2D eigenvalue weighted by atomic mass is 10.2. The molecular formula is C15H14N4O3S2. The Labute approximate surface area is 142 Å². The van der Waals surface area contributed by atoms with Gasteiger partial charge in [-0.05, 0) is 35.7 Å². The van der Waals surface area contributed by atoms with Crippen molar-refractivity contribution in [1.82, 2.24) is 14.9 Å². The van der Waals surface area contributed by atoms with E-state index in [1.165, 1.54) is 41.8 Å². The zero-order valence-corrected chi connectivity index (χ0v) is 14.0. The van der Waals surface area contributed by atoms with Crippen LogP contribution < -0.4 is 10.0 Å². The molecule has 0 bridgehead atoms. The van der Waals surface area contributed by atoms with Gasteiger partial charge >= 0.3 is 0 Å². The largest absolute Gasteiger partial charge is 0.307 e. The van der Waals surface area contributed by atoms with Crippen LogP contribution in [0.2, 0.25) is 0 Å². The van der Waals surface area contributed by atoms with Gasteiger partial charge in [0.1, 0.15) is 5.82 Å². The van der Waals surface area contributed by atoms with Gasteiger partial charge in [-0.3, -0.25) is 9.89 Å². The number of nitrogens with one attached hydrogen (secondary N) is 3. The zero-order valence-electron chi connectivity index (χ0n) is 12.4. The minimum atomic E-state index is -3.62. The van der Waals surface area contributed by atoms with Crippen molar-refractivity contribution in [2.75, 3.05) is 5.32 Å². The number of hydrogen-bond donors (Lipinski definition) is 3. The maximum atomic E-state index is 12.2. The first-order valence-corrected chi connectivity index (χ1v) is 9.34. The first-order valence-electron chi connectivity index (χ1n) is 6.97. The monoisotopic (exact) mass is 362 g/mol. The van der Waals surface area contributed by atoms with Gasteiger partial charge in [-0.1, -0.05) is 6.07 Å². The summed E-state index contributed by atoms with van der Waals surface area (Å²) in [6, 6.07) is 11.1. The van der Waals surface area contributed by atoms with Crippen LogP contribution in [0.25, 0.3) is 0 Å². The van der Waals surface area contributed by atoms with E-state index in [1.54, 1.807) is 6.07 Å². The number of aromatic amines is 1. The number of hydrogen-bond acceptors (Lipinski definition) is 5. The average Bonchev–Trinajstić information content (AvgIpc) is 3.27. The lowest BCUT2D eigenvalue weighted by Crippen LogP contribution is -2.23. The van der Waals surface area contributed by atoms with Crippen molar-refractivity contribution in [1.29, 1.82) is 0 Å². The second kappa shape index (κ2) is 6.95. The van der Waals surface area contributed by atoms with Crippen LogP contribution in [0.4, 0.5) is 5.82 Å². The van der Waals surface area contributed by atoms with E-state index in [4.69, 9.17) is 0 Å². The van der Waals surface area contributed by atoms with Gasteiger partial charge in [0.2, 0.25) is 10.0 Å². The molecule has 0 atom stereocenters. The zero-order chi connectivity index (χ0) is 17.0. The Kier molecular flexibility index (Phi) is 4.74. The van der Waals surface area contributed by atoms with Crippen LogP contribution in [-0.4, -0.2) is 24.5 Å². The second-order valence-corrected chi connectivity index (χ2v) is 7.65. The molecule has 2 aromatic heterocycles. The van der Waals surface area contributed by atoms with Crippen LogP contribution in [-0.2, 0) is 16.6 Å². The molecule has 0 aliphatic heterocycles. The van der Waals surface area contributed by atoms with Crippen LogP contribution >= 0.6 is 11.3 Å². The molecule has 0 aliphatic rings. The summed E-state index contributed by atoms with van der Waals surface area (Å²) in [5.41, 5.74) is 0.349. The highest BCUT2D eigenvalue weighted by Crippen LogP contribution is 2.14. The molecule has 124 valence electrons. The van der Waals surface area contributed by atoms with Gasteiger partial charge < -0.3 is 5.32 Å². The topological polar surface area (TPSA) is 104 Å². The summed E-state index contributed by atoms with van der Waals surface area (Å²) in [4.78, 5) is 13.1. The molecule has 0 fully saturated rings. The van der Waals surface area contributed by atoms with Crippen molar-refractivity contribution >= 4 is 33.1 Å². The van der Waals surface area contributed by atoms with Crippen LogP contribution in [0.5, 0.6) is 0 Å². The van der Waals surface area contributed by atoms with Crippen LogP contribution in [0, 0.1) is 0 Å². The van der Waals surface area contributed by atoms with Crippen molar-refractivity contribution in [3.8, 4) is 0 Å². The molecule has 0 saturated carbocycles. The van der Waals surface area contributed by atoms with Gasteiger partial charge in [0.05, 0.1) is 11.1 Å². The molecule has 1 aromatic carbocycles. The molecule has 3 rings (SSSR count). The van der Waals surface area contributed by atoms with E-state index < -0.39 is 10.0 Å². The number of thiophene rings is 1. The van der Waals surface area contributed by atoms with Gasteiger partial charge in [-0.25, -0.2) is 13.1 Å². The second-order valence-electron chi connectivity index (χ2n) is 4.85. The summed E-state index contributed by atoms with van der Waals surface area (Å²) in [6.45, 7) is 0.238. The molecule has 0 aliphatic carbocycles. The Bertz CT molecular complexity index is 902. The van der Waals surface area contributed by atoms with Crippen molar-refractivity contribution in [3.63, 3.8) is 0 Å². The molecule has 0 saturated heterocycles. The predicted octanol–water partition coefficient (Wildman–Crippen LogP) is 2.20. The van der Waals surface area contributed by atoms with Crippen molar-refractivity contribution in [2.45, 2.75) is 11.4 Å². The number of nitrogens with zero attached hydrogens (tertiary/aromatic N) is 1. The molecule has 7 nitrogen and oxygen atoms in total. The Morgan fingerprint density at radius 1 is 1.17 bits per heavy atom. The summed E-state index contributed by atoms with van der Waals surface area (Å²) in [7, 11) is -3.62. The summed E-state index contributed by atoms with van der Waals surface area (Å²) >= 11 is 1.48. The molecule has 24 heavy (non-hydrogen) atoms. The van der Waals surface area contributed by atoms with Gasteiger partial charge in [-0.2, -0.15) is 5.10 Å². The number of carbonyl (C=O) groups excluding carboxylic acids is 1. The molecule has 3 aromatic rings. The average molecular weight is 362 g/mol. The van der Waals surface area contributed by atoms with Gasteiger partial charge in [0, 0.05) is 23.1 Å². The number of H-pyrrole nitrogens is 1. The molecule has 2 heterocycles. The fourth-order valence-corrected chi connectivity index (χ4v) is 3.71. The van der Waals surface area contributed by atoms with E-state index in [0.29, 0.717) is 11.4 Å². The molecule has 3 N–H and O–H groups in total. The van der Waals surface area contributed by atoms with Crippen LogP contribution in [0.3, 0.4) is 0 Å². The van der Waals surface area contributed by atoms with Crippen molar-refractivity contribution in [3.05, 3.63) is 64.5 Å². The highest BCUT2D eigenvalue weighted by atomic mass is 32.2. The molecular weight excluding hydrogens is 348 g/mol. The lowest BCUT2D eigenvalue weighted by Gasteiger charge is -2.07. The van der Waals surface area contributed by atoms with Crippen molar-refractivity contribution in [2.24, 2.45) is 0 Å². The quantitative estimate of drug-likeness (QED) is 0.625. The molecule has 0 radical (unpaired) electrons. The van der Waals surface area contributed by atoms with Gasteiger partial charge in [-0.15, -0.1) is 11.3 Å². The van der Waals surface area contributed by atoms with Crippen LogP contribution in [0.1, 0.15) is 15.2 Å². The number of aromatic nitrogens is 2. The van der Waals surface area contributed by atoms with Crippen molar-refractivity contribution < 1.29 is 13.2 Å². The third-order valence-corrected chi connectivity index (χ3v) is 5.49. The summed E-state index contributed by atoms with van der Waals surface area (Å²) < 4.78 is 27.0. The number of benzene rings is 1. The van der Waals surface area contributed by atoms with E-state index in [9.17, 15) is 13.2 Å². The highest BCUT2D eigenvalue weighted by Gasteiger charge is 2.15. The first-order chi connectivity index (χ1) is 11.5. The number of anilines is 1. The van der Waals surface area contributed by atoms with E-state index in [1.807, 2.05) is 17.5 Å². The maximum Gasteiger partial charge on any atom is 0.256 e. The minimum Gasteiger partial charge on any atom is -0.307 e. The molecule has 0 spiro atoms. The fraction of sp³-hybridized carbons (Fsp3) is 0.0667. The van der Waals surface area contributed by atoms with E-state index >= 15 is 0 Å². The number of carbonyl (C=O) groups is 1. The molecule has 0 unspecified atom stereocenters. The Morgan fingerprint density at radius 3 is 2.58 bits per heavy atom. The van der Waals surface area contributed by atoms with Crippen LogP contribution in [0.15, 0.2) is 58.9 Å². The highest BCUT2D eigenvalue weighted by molar-refractivity contribution is 7.89. The third kappa shape index (κ3) is 3.88.